The molecule has 1 N–H and O–H groups in total. The van der Waals surface area contributed by atoms with Gasteiger partial charge in [-0.1, -0.05) is 48.0 Å². The van der Waals surface area contributed by atoms with Crippen molar-refractivity contribution in [2.24, 2.45) is 5.92 Å². The molecule has 1 aliphatic rings. The lowest BCUT2D eigenvalue weighted by Crippen LogP contribution is -2.46. The first-order valence-corrected chi connectivity index (χ1v) is 9.27. The third-order valence-corrected chi connectivity index (χ3v) is 4.93. The summed E-state index contributed by atoms with van der Waals surface area (Å²) in [5, 5.41) is 2.77. The first-order chi connectivity index (χ1) is 13.5. The van der Waals surface area contributed by atoms with Crippen molar-refractivity contribution in [3.05, 3.63) is 65.7 Å². The van der Waals surface area contributed by atoms with E-state index < -0.39 is 17.9 Å². The zero-order valence-electron chi connectivity index (χ0n) is 16.1. The Bertz CT molecular complexity index is 849. The van der Waals surface area contributed by atoms with Crippen LogP contribution in [0.25, 0.3) is 0 Å². The highest BCUT2D eigenvalue weighted by Gasteiger charge is 2.36. The van der Waals surface area contributed by atoms with Gasteiger partial charge in [-0.25, -0.2) is 4.79 Å². The summed E-state index contributed by atoms with van der Waals surface area (Å²) >= 11 is 0. The van der Waals surface area contributed by atoms with Crippen molar-refractivity contribution < 1.29 is 19.1 Å². The number of esters is 1. The molecule has 6 nitrogen and oxygen atoms in total. The third-order valence-electron chi connectivity index (χ3n) is 4.93. The van der Waals surface area contributed by atoms with Crippen molar-refractivity contribution >= 4 is 23.5 Å². The van der Waals surface area contributed by atoms with Gasteiger partial charge >= 0.3 is 5.97 Å². The number of methoxy groups -OCH3 is 1. The minimum atomic E-state index is -0.788. The van der Waals surface area contributed by atoms with Gasteiger partial charge in [-0.2, -0.15) is 0 Å². The fourth-order valence-corrected chi connectivity index (χ4v) is 3.33. The molecule has 0 radical (unpaired) electrons. The number of benzene rings is 2. The molecule has 1 heterocycles. The molecule has 146 valence electrons. The topological polar surface area (TPSA) is 75.7 Å². The van der Waals surface area contributed by atoms with Crippen LogP contribution in [0.1, 0.15) is 17.5 Å². The van der Waals surface area contributed by atoms with Crippen molar-refractivity contribution in [2.75, 3.05) is 18.6 Å². The molecule has 1 fully saturated rings. The summed E-state index contributed by atoms with van der Waals surface area (Å²) in [5.41, 5.74) is 2.80. The smallest absolute Gasteiger partial charge is 0.328 e. The van der Waals surface area contributed by atoms with Crippen LogP contribution in [0.2, 0.25) is 0 Å². The van der Waals surface area contributed by atoms with Crippen molar-refractivity contribution in [2.45, 2.75) is 25.8 Å². The van der Waals surface area contributed by atoms with Gasteiger partial charge in [0.25, 0.3) is 0 Å². The van der Waals surface area contributed by atoms with Crippen LogP contribution < -0.4 is 10.2 Å². The minimum Gasteiger partial charge on any atom is -0.467 e. The third kappa shape index (κ3) is 4.57. The molecule has 6 heteroatoms. The Balaban J connectivity index is 1.67. The molecule has 1 aliphatic heterocycles. The van der Waals surface area contributed by atoms with E-state index in [1.165, 1.54) is 7.11 Å². The van der Waals surface area contributed by atoms with E-state index in [1.807, 2.05) is 61.5 Å². The van der Waals surface area contributed by atoms with Gasteiger partial charge in [-0.15, -0.1) is 0 Å². The standard InChI is InChI=1S/C22H24N2O4/c1-15-8-10-18(11-9-15)24-14-17(13-20(24)25)21(26)23-19(22(27)28-2)12-16-6-4-3-5-7-16/h3-11,17,19H,12-14H2,1-2H3,(H,23,26)/t17-,19+/m1/s1. The molecule has 0 spiro atoms. The fraction of sp³-hybridized carbons (Fsp3) is 0.318. The van der Waals surface area contributed by atoms with Gasteiger partial charge in [0.1, 0.15) is 6.04 Å². The summed E-state index contributed by atoms with van der Waals surface area (Å²) in [6, 6.07) is 16.2. The molecule has 0 aliphatic carbocycles. The number of anilines is 1. The molecule has 2 atom stereocenters. The van der Waals surface area contributed by atoms with Gasteiger partial charge in [0.15, 0.2) is 0 Å². The van der Waals surface area contributed by atoms with E-state index in [2.05, 4.69) is 5.32 Å². The first kappa shape index (κ1) is 19.6. The number of aryl methyl sites for hydroxylation is 1. The summed E-state index contributed by atoms with van der Waals surface area (Å²) < 4.78 is 4.84. The maximum atomic E-state index is 12.7. The SMILES string of the molecule is COC(=O)[C@H](Cc1ccccc1)NC(=O)[C@@H]1CC(=O)N(c2ccc(C)cc2)C1. The van der Waals surface area contributed by atoms with Crippen LogP contribution in [0.3, 0.4) is 0 Å². The molecule has 0 aromatic heterocycles. The lowest BCUT2D eigenvalue weighted by molar-refractivity contribution is -0.145. The van der Waals surface area contributed by atoms with E-state index in [0.717, 1.165) is 16.8 Å². The fourth-order valence-electron chi connectivity index (χ4n) is 3.33. The molecule has 28 heavy (non-hydrogen) atoms. The van der Waals surface area contributed by atoms with Crippen molar-refractivity contribution in [1.82, 2.24) is 5.32 Å². The predicted octanol–water partition coefficient (Wildman–Crippen LogP) is 2.25. The van der Waals surface area contributed by atoms with E-state index in [-0.39, 0.29) is 18.2 Å². The number of nitrogens with one attached hydrogen (secondary N) is 1. The van der Waals surface area contributed by atoms with Crippen LogP contribution in [0.4, 0.5) is 5.69 Å². The van der Waals surface area contributed by atoms with Gasteiger partial charge in [-0.05, 0) is 24.6 Å². The number of carbonyl (C=O) groups is 3. The lowest BCUT2D eigenvalue weighted by atomic mass is 10.0. The van der Waals surface area contributed by atoms with Crippen LogP contribution in [0, 0.1) is 12.8 Å². The quantitative estimate of drug-likeness (QED) is 0.780. The predicted molar refractivity (Wildman–Crippen MR) is 106 cm³/mol. The van der Waals surface area contributed by atoms with E-state index in [9.17, 15) is 14.4 Å². The molecule has 0 saturated carbocycles. The second-order valence-electron chi connectivity index (χ2n) is 7.01. The molecule has 3 rings (SSSR count). The van der Waals surface area contributed by atoms with Crippen molar-refractivity contribution in [3.8, 4) is 0 Å². The molecular weight excluding hydrogens is 356 g/mol. The highest BCUT2D eigenvalue weighted by molar-refractivity contribution is 6.00. The molecular formula is C22H24N2O4. The number of rotatable bonds is 6. The van der Waals surface area contributed by atoms with Gasteiger partial charge in [0, 0.05) is 25.1 Å². The first-order valence-electron chi connectivity index (χ1n) is 9.27. The Labute approximate surface area is 164 Å². The van der Waals surface area contributed by atoms with Gasteiger partial charge < -0.3 is 15.0 Å². The molecule has 0 unspecified atom stereocenters. The van der Waals surface area contributed by atoms with E-state index in [1.54, 1.807) is 4.90 Å². The van der Waals surface area contributed by atoms with Crippen LogP contribution in [0.5, 0.6) is 0 Å². The summed E-state index contributed by atoms with van der Waals surface area (Å²) in [6.45, 7) is 2.28. The summed E-state index contributed by atoms with van der Waals surface area (Å²) in [5.74, 6) is -1.41. The molecule has 2 aromatic rings. The number of nitrogens with zero attached hydrogens (tertiary/aromatic N) is 1. The minimum absolute atomic E-state index is 0.0957. The Morgan fingerprint density at radius 1 is 1.14 bits per heavy atom. The van der Waals surface area contributed by atoms with Gasteiger partial charge in [-0.3, -0.25) is 9.59 Å². The summed E-state index contributed by atoms with van der Waals surface area (Å²) in [6.07, 6.45) is 0.459. The Morgan fingerprint density at radius 2 is 1.82 bits per heavy atom. The molecule has 2 aromatic carbocycles. The molecule has 1 saturated heterocycles. The number of amides is 2. The van der Waals surface area contributed by atoms with Crippen LogP contribution in [-0.4, -0.2) is 37.5 Å². The summed E-state index contributed by atoms with van der Waals surface area (Å²) in [7, 11) is 1.30. The maximum absolute atomic E-state index is 12.7. The van der Waals surface area contributed by atoms with Gasteiger partial charge in [0.2, 0.25) is 11.8 Å². The number of hydrogen-bond acceptors (Lipinski definition) is 4. The molecule has 2 amide bonds. The maximum Gasteiger partial charge on any atom is 0.328 e. The Morgan fingerprint density at radius 3 is 2.46 bits per heavy atom. The average molecular weight is 380 g/mol. The number of ether oxygens (including phenoxy) is 1. The van der Waals surface area contributed by atoms with Crippen molar-refractivity contribution in [3.63, 3.8) is 0 Å². The van der Waals surface area contributed by atoms with Crippen LogP contribution >= 0.6 is 0 Å². The van der Waals surface area contributed by atoms with Gasteiger partial charge in [0.05, 0.1) is 13.0 Å². The van der Waals surface area contributed by atoms with E-state index in [4.69, 9.17) is 4.74 Å². The summed E-state index contributed by atoms with van der Waals surface area (Å²) in [4.78, 5) is 38.9. The van der Waals surface area contributed by atoms with Crippen LogP contribution in [-0.2, 0) is 25.5 Å². The Kier molecular flexibility index (Phi) is 6.09. The second-order valence-corrected chi connectivity index (χ2v) is 7.01. The largest absolute Gasteiger partial charge is 0.467 e. The average Bonchev–Trinajstić information content (AvgIpc) is 3.10. The normalized spacial score (nSPS) is 17.3. The zero-order chi connectivity index (χ0) is 20.1. The van der Waals surface area contributed by atoms with E-state index in [0.29, 0.717) is 13.0 Å². The Hall–Kier alpha value is -3.15. The van der Waals surface area contributed by atoms with E-state index >= 15 is 0 Å². The number of carbonyl (C=O) groups excluding carboxylic acids is 3. The monoisotopic (exact) mass is 380 g/mol. The van der Waals surface area contributed by atoms with Crippen LogP contribution in [0.15, 0.2) is 54.6 Å². The highest BCUT2D eigenvalue weighted by atomic mass is 16.5. The van der Waals surface area contributed by atoms with Crippen molar-refractivity contribution in [1.29, 1.82) is 0 Å². The lowest BCUT2D eigenvalue weighted by Gasteiger charge is -2.20. The second kappa shape index (κ2) is 8.69. The highest BCUT2D eigenvalue weighted by Crippen LogP contribution is 2.25. The molecule has 0 bridgehead atoms. The zero-order valence-corrected chi connectivity index (χ0v) is 16.1. The number of hydrogen-bond donors (Lipinski definition) is 1.